The van der Waals surface area contributed by atoms with Gasteiger partial charge >= 0.3 is 0 Å². The Labute approximate surface area is 210 Å². The van der Waals surface area contributed by atoms with Crippen molar-refractivity contribution in [1.29, 1.82) is 5.26 Å². The molecule has 3 aromatic rings. The number of anilines is 1. The van der Waals surface area contributed by atoms with Crippen molar-refractivity contribution < 1.29 is 4.79 Å². The number of nitrogens with zero attached hydrogens (tertiary/aromatic N) is 4. The van der Waals surface area contributed by atoms with Gasteiger partial charge in [-0.05, 0) is 52.2 Å². The van der Waals surface area contributed by atoms with Gasteiger partial charge in [0.2, 0.25) is 0 Å². The van der Waals surface area contributed by atoms with E-state index in [1.54, 1.807) is 17.5 Å². The second-order valence-electron chi connectivity index (χ2n) is 8.48. The minimum atomic E-state index is -2.36. The van der Waals surface area contributed by atoms with E-state index < -0.39 is 15.3 Å². The number of thiophene rings is 1. The first kappa shape index (κ1) is 23.2. The average Bonchev–Trinajstić information content (AvgIpc) is 3.57. The van der Waals surface area contributed by atoms with Crippen LogP contribution in [-0.2, 0) is 6.54 Å². The summed E-state index contributed by atoms with van der Waals surface area (Å²) in [6.07, 6.45) is 1.70. The Kier molecular flexibility index (Phi) is 6.34. The molecule has 0 spiro atoms. The van der Waals surface area contributed by atoms with Crippen molar-refractivity contribution in [3.05, 3.63) is 82.7 Å². The summed E-state index contributed by atoms with van der Waals surface area (Å²) in [5.74, 6) is 0. The number of benzene rings is 2. The number of piperazine rings is 1. The minimum absolute atomic E-state index is 0.403. The molecule has 3 heterocycles. The molecule has 1 aromatic heterocycles. The van der Waals surface area contributed by atoms with Gasteiger partial charge in [0.1, 0.15) is 0 Å². The number of amidine groups is 1. The predicted molar refractivity (Wildman–Crippen MR) is 144 cm³/mol. The minimum Gasteiger partial charge on any atom is -0.398 e. The van der Waals surface area contributed by atoms with Crippen molar-refractivity contribution in [3.63, 3.8) is 0 Å². The van der Waals surface area contributed by atoms with Gasteiger partial charge in [-0.3, -0.25) is 9.69 Å². The number of nitrogens with two attached hydrogens (primary N) is 2. The van der Waals surface area contributed by atoms with Gasteiger partial charge in [-0.25, -0.2) is 4.99 Å². The zero-order chi connectivity index (χ0) is 24.4. The van der Waals surface area contributed by atoms with Crippen LogP contribution in [0.5, 0.6) is 0 Å². The molecule has 0 bridgehead atoms. The van der Waals surface area contributed by atoms with Crippen molar-refractivity contribution in [3.8, 4) is 16.5 Å². The van der Waals surface area contributed by atoms with Gasteiger partial charge in [0.15, 0.2) is 5.17 Å². The first-order valence-electron chi connectivity index (χ1n) is 11.3. The van der Waals surface area contributed by atoms with Gasteiger partial charge in [-0.15, -0.1) is 11.3 Å². The molecule has 7 nitrogen and oxygen atoms in total. The maximum atomic E-state index is 13.1. The van der Waals surface area contributed by atoms with E-state index in [-0.39, 0.29) is 0 Å². The Bertz CT molecular complexity index is 1340. The van der Waals surface area contributed by atoms with Crippen LogP contribution in [0.3, 0.4) is 0 Å². The van der Waals surface area contributed by atoms with E-state index in [1.165, 1.54) is 5.56 Å². The number of primary amides is 1. The number of nitrogen functional groups attached to an aromatic ring is 1. The van der Waals surface area contributed by atoms with Gasteiger partial charge in [0.05, 0.1) is 11.6 Å². The summed E-state index contributed by atoms with van der Waals surface area (Å²) in [4.78, 5) is 24.2. The predicted octanol–water partition coefficient (Wildman–Crippen LogP) is 4.77. The van der Waals surface area contributed by atoms with Gasteiger partial charge in [0.25, 0.3) is 5.24 Å². The van der Waals surface area contributed by atoms with Gasteiger partial charge < -0.3 is 16.4 Å². The highest BCUT2D eigenvalue weighted by molar-refractivity contribution is 8.57. The third-order valence-electron chi connectivity index (χ3n) is 6.35. The lowest BCUT2D eigenvalue weighted by Gasteiger charge is -2.42. The van der Waals surface area contributed by atoms with Crippen LogP contribution in [0.1, 0.15) is 11.1 Å². The van der Waals surface area contributed by atoms with Gasteiger partial charge in [-0.2, -0.15) is 5.26 Å². The standard InChI is InChI=1S/C26H26N6OS2/c27-17-19-3-5-20(6-4-19)18-31-10-12-32(13-11-31)26-30-9-15-35(26,25(29)33)24-16-21(7-8-22(24)28)23-2-1-14-34-23/h1-9,14-16H,10-13,18,28H2,(H2,29,33). The summed E-state index contributed by atoms with van der Waals surface area (Å²) in [5, 5.41) is 13.2. The largest absolute Gasteiger partial charge is 0.398 e. The highest BCUT2D eigenvalue weighted by Crippen LogP contribution is 2.63. The molecule has 1 fully saturated rings. The van der Waals surface area contributed by atoms with Crippen molar-refractivity contribution in [2.24, 2.45) is 10.7 Å². The molecule has 1 saturated heterocycles. The summed E-state index contributed by atoms with van der Waals surface area (Å²) in [7, 11) is -2.36. The van der Waals surface area contributed by atoms with Crippen LogP contribution < -0.4 is 11.5 Å². The smallest absolute Gasteiger partial charge is 0.273 e. The molecule has 0 aliphatic carbocycles. The number of aliphatic imine (C=N–C) groups is 1. The molecule has 2 aliphatic heterocycles. The molecule has 0 radical (unpaired) electrons. The zero-order valence-corrected chi connectivity index (χ0v) is 20.8. The summed E-state index contributed by atoms with van der Waals surface area (Å²) < 4.78 is 0. The molecule has 35 heavy (non-hydrogen) atoms. The zero-order valence-electron chi connectivity index (χ0n) is 19.1. The number of nitriles is 1. The Balaban J connectivity index is 1.37. The Morgan fingerprint density at radius 3 is 2.54 bits per heavy atom. The monoisotopic (exact) mass is 502 g/mol. The molecule has 178 valence electrons. The van der Waals surface area contributed by atoms with Gasteiger partial charge in [-0.1, -0.05) is 34.3 Å². The normalized spacial score (nSPS) is 21.8. The lowest BCUT2D eigenvalue weighted by Crippen LogP contribution is -2.49. The van der Waals surface area contributed by atoms with Crippen LogP contribution in [0.15, 0.2) is 81.5 Å². The molecule has 5 rings (SSSR count). The first-order valence-corrected chi connectivity index (χ1v) is 13.9. The molecule has 1 unspecified atom stereocenters. The fourth-order valence-electron chi connectivity index (χ4n) is 4.50. The third kappa shape index (κ3) is 4.32. The Hall–Kier alpha value is -3.58. The van der Waals surface area contributed by atoms with Gasteiger partial charge in [0, 0.05) is 54.4 Å². The second kappa shape index (κ2) is 9.58. The summed E-state index contributed by atoms with van der Waals surface area (Å²) in [5.41, 5.74) is 16.0. The Morgan fingerprint density at radius 2 is 1.89 bits per heavy atom. The molecular weight excluding hydrogens is 476 g/mol. The van der Waals surface area contributed by atoms with Crippen molar-refractivity contribution in [2.75, 3.05) is 31.9 Å². The molecule has 1 atom stereocenters. The van der Waals surface area contributed by atoms with Crippen molar-refractivity contribution >= 4 is 37.5 Å². The topological polar surface area (TPSA) is 112 Å². The van der Waals surface area contributed by atoms with Crippen molar-refractivity contribution in [1.82, 2.24) is 9.80 Å². The van der Waals surface area contributed by atoms with E-state index >= 15 is 0 Å². The number of carbonyl (C=O) groups is 1. The molecular formula is C26H26N6OS2. The molecule has 4 N–H and O–H groups in total. The highest BCUT2D eigenvalue weighted by atomic mass is 32.3. The van der Waals surface area contributed by atoms with E-state index in [4.69, 9.17) is 16.7 Å². The number of amides is 1. The fraction of sp³-hybridized carbons (Fsp3) is 0.192. The lowest BCUT2D eigenvalue weighted by atomic mass is 10.1. The van der Waals surface area contributed by atoms with E-state index in [0.29, 0.717) is 11.3 Å². The summed E-state index contributed by atoms with van der Waals surface area (Å²) >= 11 is 1.64. The van der Waals surface area contributed by atoms with Crippen LogP contribution in [0.4, 0.5) is 10.5 Å². The van der Waals surface area contributed by atoms with Crippen LogP contribution in [0.2, 0.25) is 0 Å². The lowest BCUT2D eigenvalue weighted by molar-refractivity contribution is 0.177. The average molecular weight is 503 g/mol. The second-order valence-corrected chi connectivity index (χ2v) is 12.2. The fourth-order valence-corrected chi connectivity index (χ4v) is 8.03. The SMILES string of the molecule is N#Cc1ccc(CN2CCN(C3=NC=CS3(C(N)=O)c3cc(-c4cccs4)ccc3N)CC2)cc1. The third-order valence-corrected chi connectivity index (χ3v) is 10.4. The first-order chi connectivity index (χ1) is 17.0. The number of rotatable bonds is 4. The van der Waals surface area contributed by atoms with E-state index in [1.807, 2.05) is 59.3 Å². The van der Waals surface area contributed by atoms with Crippen LogP contribution >= 0.6 is 21.4 Å². The van der Waals surface area contributed by atoms with E-state index in [9.17, 15) is 4.79 Å². The summed E-state index contributed by atoms with van der Waals surface area (Å²) in [6.45, 7) is 3.95. The van der Waals surface area contributed by atoms with Crippen LogP contribution in [-0.4, -0.2) is 46.4 Å². The molecule has 2 aliphatic rings. The number of hydrogen-bond donors (Lipinski definition) is 2. The molecule has 1 amide bonds. The molecule has 2 aromatic carbocycles. The molecule has 9 heteroatoms. The van der Waals surface area contributed by atoms with Crippen LogP contribution in [0, 0.1) is 11.3 Å². The summed E-state index contributed by atoms with van der Waals surface area (Å²) in [6, 6.07) is 19.8. The van der Waals surface area contributed by atoms with E-state index in [2.05, 4.69) is 26.9 Å². The van der Waals surface area contributed by atoms with Crippen molar-refractivity contribution in [2.45, 2.75) is 11.4 Å². The maximum absolute atomic E-state index is 13.1. The highest BCUT2D eigenvalue weighted by Gasteiger charge is 2.43. The van der Waals surface area contributed by atoms with E-state index in [0.717, 1.165) is 53.2 Å². The number of carbonyl (C=O) groups excluding carboxylic acids is 1. The van der Waals surface area contributed by atoms with Crippen LogP contribution in [0.25, 0.3) is 10.4 Å². The Morgan fingerprint density at radius 1 is 1.11 bits per heavy atom. The number of hydrogen-bond acceptors (Lipinski definition) is 7. The molecule has 0 saturated carbocycles. The quantitative estimate of drug-likeness (QED) is 0.499. The maximum Gasteiger partial charge on any atom is 0.273 e.